The third-order valence-electron chi connectivity index (χ3n) is 1.37. The molecule has 1 atom stereocenters. The Morgan fingerprint density at radius 2 is 2.08 bits per heavy atom. The second kappa shape index (κ2) is 5.18. The van der Waals surface area contributed by atoms with Gasteiger partial charge in [-0.1, -0.05) is 0 Å². The Morgan fingerprint density at radius 3 is 2.46 bits per heavy atom. The van der Waals surface area contributed by atoms with Crippen molar-refractivity contribution in [1.29, 1.82) is 0 Å². The highest BCUT2D eigenvalue weighted by Gasteiger charge is 2.17. The molecule has 0 rings (SSSR count). The lowest BCUT2D eigenvalue weighted by atomic mass is 10.2. The normalized spacial score (nSPS) is 13.8. The van der Waals surface area contributed by atoms with E-state index in [1.165, 1.54) is 0 Å². The van der Waals surface area contributed by atoms with E-state index in [1.807, 2.05) is 0 Å². The zero-order chi connectivity index (χ0) is 10.5. The van der Waals surface area contributed by atoms with Crippen molar-refractivity contribution in [3.05, 3.63) is 4.91 Å². The van der Waals surface area contributed by atoms with Gasteiger partial charge in [-0.25, -0.2) is 0 Å². The van der Waals surface area contributed by atoms with E-state index < -0.39 is 19.5 Å². The molecule has 0 aromatic heterocycles. The van der Waals surface area contributed by atoms with Gasteiger partial charge in [0, 0.05) is 11.3 Å². The van der Waals surface area contributed by atoms with E-state index in [0.29, 0.717) is 0 Å². The SMILES string of the molecule is NC(CCCP(=O)(O)O)C(=O)N=O. The summed E-state index contributed by atoms with van der Waals surface area (Å²) in [5.41, 5.74) is 5.16. The minimum atomic E-state index is -4.04. The van der Waals surface area contributed by atoms with Crippen molar-refractivity contribution in [2.24, 2.45) is 10.9 Å². The summed E-state index contributed by atoms with van der Waals surface area (Å²) in [6.07, 6.45) is -0.199. The van der Waals surface area contributed by atoms with Crippen molar-refractivity contribution < 1.29 is 19.1 Å². The van der Waals surface area contributed by atoms with Gasteiger partial charge in [0.15, 0.2) is 0 Å². The van der Waals surface area contributed by atoms with Crippen molar-refractivity contribution in [2.45, 2.75) is 18.9 Å². The monoisotopic (exact) mass is 210 g/mol. The molecule has 0 aliphatic heterocycles. The number of amides is 1. The Hall–Kier alpha value is -0.620. The van der Waals surface area contributed by atoms with E-state index in [2.05, 4.69) is 5.18 Å². The molecule has 4 N–H and O–H groups in total. The Morgan fingerprint density at radius 1 is 1.54 bits per heavy atom. The molecule has 0 fully saturated rings. The number of nitroso groups, excluding NO2 is 1. The fraction of sp³-hybridized carbons (Fsp3) is 0.800. The quantitative estimate of drug-likeness (QED) is 0.416. The van der Waals surface area contributed by atoms with Crippen LogP contribution in [0.5, 0.6) is 0 Å². The lowest BCUT2D eigenvalue weighted by Gasteiger charge is -2.06. The van der Waals surface area contributed by atoms with Crippen molar-refractivity contribution >= 4 is 13.5 Å². The van der Waals surface area contributed by atoms with E-state index in [9.17, 15) is 14.3 Å². The fourth-order valence-electron chi connectivity index (χ4n) is 0.708. The zero-order valence-electron chi connectivity index (χ0n) is 6.79. The highest BCUT2D eigenvalue weighted by molar-refractivity contribution is 7.51. The van der Waals surface area contributed by atoms with Crippen molar-refractivity contribution in [2.75, 3.05) is 6.16 Å². The molecule has 0 aromatic rings. The molecule has 0 aromatic carbocycles. The van der Waals surface area contributed by atoms with Crippen molar-refractivity contribution in [3.8, 4) is 0 Å². The first-order chi connectivity index (χ1) is 5.87. The van der Waals surface area contributed by atoms with Crippen LogP contribution in [0, 0.1) is 4.91 Å². The van der Waals surface area contributed by atoms with E-state index in [1.54, 1.807) is 0 Å². The Balaban J connectivity index is 3.72. The molecule has 0 spiro atoms. The summed E-state index contributed by atoms with van der Waals surface area (Å²) in [6.45, 7) is 0. The van der Waals surface area contributed by atoms with Gasteiger partial charge in [0.05, 0.1) is 6.04 Å². The predicted molar refractivity (Wildman–Crippen MR) is 44.9 cm³/mol. The summed E-state index contributed by atoms with van der Waals surface area (Å²) < 4.78 is 10.3. The summed E-state index contributed by atoms with van der Waals surface area (Å²) in [4.78, 5) is 37.0. The number of nitrogens with two attached hydrogens (primary N) is 1. The standard InChI is InChI=1S/C5H11N2O5P/c6-4(5(8)7-9)2-1-3-13(10,11)12/h4H,1-3,6H2,(H2,10,11,12). The van der Waals surface area contributed by atoms with Gasteiger partial charge < -0.3 is 15.5 Å². The van der Waals surface area contributed by atoms with Crippen LogP contribution in [0.2, 0.25) is 0 Å². The van der Waals surface area contributed by atoms with Crippen LogP contribution in [0.15, 0.2) is 5.18 Å². The summed E-state index contributed by atoms with van der Waals surface area (Å²) >= 11 is 0. The van der Waals surface area contributed by atoms with Gasteiger partial charge in [-0.15, -0.1) is 4.91 Å². The molecule has 0 aliphatic rings. The van der Waals surface area contributed by atoms with Crippen LogP contribution >= 0.6 is 7.60 Å². The van der Waals surface area contributed by atoms with E-state index in [4.69, 9.17) is 15.5 Å². The Kier molecular flexibility index (Phi) is 4.94. The van der Waals surface area contributed by atoms with Crippen molar-refractivity contribution in [3.63, 3.8) is 0 Å². The number of rotatable bonds is 5. The highest BCUT2D eigenvalue weighted by atomic mass is 31.2. The molecule has 0 heterocycles. The third-order valence-corrected chi connectivity index (χ3v) is 2.27. The maximum Gasteiger partial charge on any atom is 0.325 e. The predicted octanol–water partition coefficient (Wildman–Crippen LogP) is -0.435. The van der Waals surface area contributed by atoms with Crippen LogP contribution < -0.4 is 5.73 Å². The molecule has 8 heteroatoms. The molecule has 0 saturated heterocycles. The smallest absolute Gasteiger partial charge is 0.324 e. The third kappa shape index (κ3) is 6.53. The maximum absolute atomic E-state index is 10.5. The minimum Gasteiger partial charge on any atom is -0.324 e. The zero-order valence-corrected chi connectivity index (χ0v) is 7.68. The maximum atomic E-state index is 10.5. The molecule has 76 valence electrons. The number of hydrogen-bond donors (Lipinski definition) is 3. The first-order valence-corrected chi connectivity index (χ1v) is 5.34. The largest absolute Gasteiger partial charge is 0.325 e. The Labute approximate surface area is 74.4 Å². The number of carbonyl (C=O) groups excluding carboxylic acids is 1. The van der Waals surface area contributed by atoms with Gasteiger partial charge in [-0.2, -0.15) is 0 Å². The van der Waals surface area contributed by atoms with Crippen LogP contribution in [-0.2, 0) is 9.36 Å². The van der Waals surface area contributed by atoms with E-state index in [-0.39, 0.29) is 19.0 Å². The molecule has 7 nitrogen and oxygen atoms in total. The number of nitrogens with zero attached hydrogens (tertiary/aromatic N) is 1. The van der Waals surface area contributed by atoms with Crippen LogP contribution in [0.1, 0.15) is 12.8 Å². The Bertz CT molecular complexity index is 237. The lowest BCUT2D eigenvalue weighted by molar-refractivity contribution is -0.119. The fourth-order valence-corrected chi connectivity index (χ4v) is 1.30. The van der Waals surface area contributed by atoms with Crippen LogP contribution in [0.3, 0.4) is 0 Å². The average Bonchev–Trinajstić information content (AvgIpc) is 2.00. The summed E-state index contributed by atoms with van der Waals surface area (Å²) in [7, 11) is -4.04. The minimum absolute atomic E-state index is 0.0513. The molecule has 13 heavy (non-hydrogen) atoms. The van der Waals surface area contributed by atoms with Crippen LogP contribution in [0.4, 0.5) is 0 Å². The molecular formula is C5H11N2O5P. The summed E-state index contributed by atoms with van der Waals surface area (Å²) in [5.74, 6) is -0.995. The first-order valence-electron chi connectivity index (χ1n) is 3.54. The van der Waals surface area contributed by atoms with Gasteiger partial charge in [-0.3, -0.25) is 9.36 Å². The number of carbonyl (C=O) groups is 1. The molecule has 1 amide bonds. The second-order valence-corrected chi connectivity index (χ2v) is 4.34. The molecule has 1 unspecified atom stereocenters. The van der Waals surface area contributed by atoms with Crippen LogP contribution in [-0.4, -0.2) is 27.9 Å². The highest BCUT2D eigenvalue weighted by Crippen LogP contribution is 2.35. The van der Waals surface area contributed by atoms with E-state index >= 15 is 0 Å². The van der Waals surface area contributed by atoms with Gasteiger partial charge >= 0.3 is 13.5 Å². The number of hydrogen-bond acceptors (Lipinski definition) is 4. The molecule has 0 aliphatic carbocycles. The van der Waals surface area contributed by atoms with Crippen LogP contribution in [0.25, 0.3) is 0 Å². The topological polar surface area (TPSA) is 130 Å². The van der Waals surface area contributed by atoms with E-state index in [0.717, 1.165) is 0 Å². The van der Waals surface area contributed by atoms with Gasteiger partial charge in [-0.05, 0) is 12.8 Å². The van der Waals surface area contributed by atoms with Gasteiger partial charge in [0.2, 0.25) is 0 Å². The molecule has 0 radical (unpaired) electrons. The summed E-state index contributed by atoms with van der Waals surface area (Å²) in [5, 5.41) is 2.10. The molecule has 0 saturated carbocycles. The lowest BCUT2D eigenvalue weighted by Crippen LogP contribution is -2.28. The van der Waals surface area contributed by atoms with Gasteiger partial charge in [0.1, 0.15) is 0 Å². The van der Waals surface area contributed by atoms with Gasteiger partial charge in [0.25, 0.3) is 0 Å². The molecule has 0 bridgehead atoms. The molecular weight excluding hydrogens is 199 g/mol. The first kappa shape index (κ1) is 12.4. The second-order valence-electron chi connectivity index (χ2n) is 2.57. The average molecular weight is 210 g/mol. The summed E-state index contributed by atoms with van der Waals surface area (Å²) in [6, 6.07) is -1.05. The van der Waals surface area contributed by atoms with Crippen molar-refractivity contribution in [1.82, 2.24) is 0 Å².